The van der Waals surface area contributed by atoms with Gasteiger partial charge in [0.25, 0.3) is 5.91 Å². The van der Waals surface area contributed by atoms with Crippen LogP contribution < -0.4 is 20.3 Å². The quantitative estimate of drug-likeness (QED) is 0.337. The van der Waals surface area contributed by atoms with E-state index < -0.39 is 5.91 Å². The summed E-state index contributed by atoms with van der Waals surface area (Å²) in [7, 11) is 1.51. The molecule has 3 aromatic rings. The number of nitrogens with one attached hydrogen (secondary N) is 2. The van der Waals surface area contributed by atoms with Gasteiger partial charge in [-0.15, -0.1) is 0 Å². The van der Waals surface area contributed by atoms with Gasteiger partial charge in [0, 0.05) is 24.0 Å². The SMILES string of the molecule is CCCCOc1ccc(C(=O)NNC(=O)CCCc2nc(-c3ccccc3)no2)cc1OC. The van der Waals surface area contributed by atoms with Crippen LogP contribution >= 0.6 is 0 Å². The predicted molar refractivity (Wildman–Crippen MR) is 122 cm³/mol. The molecule has 9 heteroatoms. The van der Waals surface area contributed by atoms with Crippen molar-refractivity contribution in [2.75, 3.05) is 13.7 Å². The third-order valence-corrected chi connectivity index (χ3v) is 4.79. The number of methoxy groups -OCH3 is 1. The van der Waals surface area contributed by atoms with Gasteiger partial charge in [0.1, 0.15) is 0 Å². The summed E-state index contributed by atoms with van der Waals surface area (Å²) in [6.07, 6.45) is 3.09. The summed E-state index contributed by atoms with van der Waals surface area (Å²) in [5, 5.41) is 3.96. The number of amides is 2. The molecule has 2 amide bonds. The smallest absolute Gasteiger partial charge is 0.269 e. The second-order valence-electron chi connectivity index (χ2n) is 7.30. The highest BCUT2D eigenvalue weighted by Gasteiger charge is 2.13. The summed E-state index contributed by atoms with van der Waals surface area (Å²) in [6.45, 7) is 2.65. The van der Waals surface area contributed by atoms with Gasteiger partial charge in [0.05, 0.1) is 13.7 Å². The van der Waals surface area contributed by atoms with Gasteiger partial charge in [0.15, 0.2) is 11.5 Å². The minimum absolute atomic E-state index is 0.191. The monoisotopic (exact) mass is 452 g/mol. The molecule has 0 aliphatic heterocycles. The van der Waals surface area contributed by atoms with Crippen molar-refractivity contribution in [1.82, 2.24) is 21.0 Å². The van der Waals surface area contributed by atoms with Gasteiger partial charge in [-0.2, -0.15) is 4.98 Å². The first-order chi connectivity index (χ1) is 16.1. The number of nitrogens with zero attached hydrogens (tertiary/aromatic N) is 2. The molecule has 0 spiro atoms. The van der Waals surface area contributed by atoms with Crippen LogP contribution in [0.25, 0.3) is 11.4 Å². The molecule has 9 nitrogen and oxygen atoms in total. The third kappa shape index (κ3) is 7.06. The lowest BCUT2D eigenvalue weighted by atomic mass is 10.2. The van der Waals surface area contributed by atoms with Crippen molar-refractivity contribution in [2.24, 2.45) is 0 Å². The number of carbonyl (C=O) groups excluding carboxylic acids is 2. The van der Waals surface area contributed by atoms with E-state index in [0.717, 1.165) is 18.4 Å². The van der Waals surface area contributed by atoms with Gasteiger partial charge in [-0.1, -0.05) is 48.8 Å². The summed E-state index contributed by atoms with van der Waals surface area (Å²) in [4.78, 5) is 28.8. The Balaban J connectivity index is 1.42. The van der Waals surface area contributed by atoms with E-state index in [1.54, 1.807) is 18.2 Å². The van der Waals surface area contributed by atoms with E-state index in [1.807, 2.05) is 30.3 Å². The fourth-order valence-electron chi connectivity index (χ4n) is 2.98. The number of hydrogen-bond acceptors (Lipinski definition) is 7. The highest BCUT2D eigenvalue weighted by Crippen LogP contribution is 2.28. The molecule has 33 heavy (non-hydrogen) atoms. The van der Waals surface area contributed by atoms with E-state index in [2.05, 4.69) is 27.9 Å². The maximum Gasteiger partial charge on any atom is 0.269 e. The van der Waals surface area contributed by atoms with E-state index in [9.17, 15) is 9.59 Å². The molecule has 1 heterocycles. The molecule has 3 rings (SSSR count). The van der Waals surface area contributed by atoms with Gasteiger partial charge in [-0.05, 0) is 31.0 Å². The molecule has 2 N–H and O–H groups in total. The van der Waals surface area contributed by atoms with Crippen LogP contribution in [0.1, 0.15) is 48.9 Å². The Morgan fingerprint density at radius 2 is 1.85 bits per heavy atom. The van der Waals surface area contributed by atoms with Crippen LogP contribution in [0, 0.1) is 0 Å². The van der Waals surface area contributed by atoms with Crippen LogP contribution in [0.3, 0.4) is 0 Å². The zero-order chi connectivity index (χ0) is 23.5. The maximum absolute atomic E-state index is 12.4. The highest BCUT2D eigenvalue weighted by atomic mass is 16.5. The summed E-state index contributed by atoms with van der Waals surface area (Å²) in [6, 6.07) is 14.4. The lowest BCUT2D eigenvalue weighted by molar-refractivity contribution is -0.121. The fourth-order valence-corrected chi connectivity index (χ4v) is 2.98. The molecule has 0 aliphatic rings. The lowest BCUT2D eigenvalue weighted by Crippen LogP contribution is -2.41. The Hall–Kier alpha value is -3.88. The lowest BCUT2D eigenvalue weighted by Gasteiger charge is -2.12. The maximum atomic E-state index is 12.4. The van der Waals surface area contributed by atoms with Crippen molar-refractivity contribution in [1.29, 1.82) is 0 Å². The molecule has 1 aromatic heterocycles. The topological polar surface area (TPSA) is 116 Å². The molecule has 0 bridgehead atoms. The van der Waals surface area contributed by atoms with Crippen molar-refractivity contribution >= 4 is 11.8 Å². The van der Waals surface area contributed by atoms with Crippen molar-refractivity contribution < 1.29 is 23.6 Å². The number of aromatic nitrogens is 2. The van der Waals surface area contributed by atoms with E-state index in [4.69, 9.17) is 14.0 Å². The molecule has 0 aliphatic carbocycles. The normalized spacial score (nSPS) is 10.5. The standard InChI is InChI=1S/C24H28N4O5/c1-3-4-15-32-19-14-13-18(16-20(19)31-2)24(30)27-26-21(29)11-8-12-22-25-23(28-33-22)17-9-6-5-7-10-17/h5-7,9-10,13-14,16H,3-4,8,11-12,15H2,1-2H3,(H,26,29)(H,27,30). The van der Waals surface area contributed by atoms with Crippen molar-refractivity contribution in [3.05, 3.63) is 60.0 Å². The van der Waals surface area contributed by atoms with Crippen molar-refractivity contribution in [2.45, 2.75) is 39.0 Å². The number of ether oxygens (including phenoxy) is 2. The predicted octanol–water partition coefficient (Wildman–Crippen LogP) is 3.71. The molecular weight excluding hydrogens is 424 g/mol. The average molecular weight is 453 g/mol. The van der Waals surface area contributed by atoms with Gasteiger partial charge in [-0.3, -0.25) is 20.4 Å². The van der Waals surface area contributed by atoms with E-state index in [1.165, 1.54) is 7.11 Å². The second kappa shape index (κ2) is 12.2. The zero-order valence-electron chi connectivity index (χ0n) is 18.8. The van der Waals surface area contributed by atoms with Crippen molar-refractivity contribution in [3.8, 4) is 22.9 Å². The van der Waals surface area contributed by atoms with Crippen LogP contribution in [0.15, 0.2) is 53.1 Å². The number of hydrazine groups is 1. The molecule has 0 atom stereocenters. The van der Waals surface area contributed by atoms with Crippen LogP contribution in [-0.2, 0) is 11.2 Å². The molecule has 0 saturated heterocycles. The number of hydrogen-bond donors (Lipinski definition) is 2. The number of carbonyl (C=O) groups is 2. The molecule has 0 saturated carbocycles. The summed E-state index contributed by atoms with van der Waals surface area (Å²) < 4.78 is 16.2. The van der Waals surface area contributed by atoms with Gasteiger partial charge < -0.3 is 14.0 Å². The zero-order valence-corrected chi connectivity index (χ0v) is 18.8. The first-order valence-corrected chi connectivity index (χ1v) is 10.9. The minimum Gasteiger partial charge on any atom is -0.493 e. The van der Waals surface area contributed by atoms with Gasteiger partial charge in [-0.25, -0.2) is 0 Å². The Labute approximate surface area is 192 Å². The Bertz CT molecular complexity index is 1050. The van der Waals surface area contributed by atoms with E-state index in [0.29, 0.717) is 48.2 Å². The molecule has 2 aromatic carbocycles. The number of benzene rings is 2. The van der Waals surface area contributed by atoms with Crippen LogP contribution in [0.5, 0.6) is 11.5 Å². The summed E-state index contributed by atoms with van der Waals surface area (Å²) >= 11 is 0. The first kappa shape index (κ1) is 23.8. The number of unbranched alkanes of at least 4 members (excludes halogenated alkanes) is 1. The van der Waals surface area contributed by atoms with E-state index in [-0.39, 0.29) is 12.3 Å². The summed E-state index contributed by atoms with van der Waals surface area (Å²) in [5.74, 6) is 1.23. The minimum atomic E-state index is -0.453. The first-order valence-electron chi connectivity index (χ1n) is 10.9. The molecule has 0 unspecified atom stereocenters. The largest absolute Gasteiger partial charge is 0.493 e. The molecule has 174 valence electrons. The van der Waals surface area contributed by atoms with Crippen molar-refractivity contribution in [3.63, 3.8) is 0 Å². The number of rotatable bonds is 11. The van der Waals surface area contributed by atoms with Gasteiger partial charge in [0.2, 0.25) is 17.6 Å². The fraction of sp³-hybridized carbons (Fsp3) is 0.333. The molecule has 0 radical (unpaired) electrons. The summed E-state index contributed by atoms with van der Waals surface area (Å²) in [5.41, 5.74) is 6.03. The average Bonchev–Trinajstić information content (AvgIpc) is 3.32. The van der Waals surface area contributed by atoms with Crippen LogP contribution in [-0.4, -0.2) is 35.7 Å². The van der Waals surface area contributed by atoms with Gasteiger partial charge >= 0.3 is 0 Å². The molecular formula is C24H28N4O5. The second-order valence-corrected chi connectivity index (χ2v) is 7.30. The van der Waals surface area contributed by atoms with E-state index >= 15 is 0 Å². The Kier molecular flexibility index (Phi) is 8.81. The Morgan fingerprint density at radius 3 is 2.61 bits per heavy atom. The van der Waals surface area contributed by atoms with Crippen LogP contribution in [0.2, 0.25) is 0 Å². The number of aryl methyl sites for hydroxylation is 1. The Morgan fingerprint density at radius 1 is 1.03 bits per heavy atom. The van der Waals surface area contributed by atoms with Crippen LogP contribution in [0.4, 0.5) is 0 Å². The molecule has 0 fully saturated rings. The third-order valence-electron chi connectivity index (χ3n) is 4.79. The highest BCUT2D eigenvalue weighted by molar-refractivity contribution is 5.96.